The summed E-state index contributed by atoms with van der Waals surface area (Å²) >= 11 is 1.07. The van der Waals surface area contributed by atoms with Crippen LogP contribution in [0.2, 0.25) is 0 Å². The smallest absolute Gasteiger partial charge is 0.342 e. The Kier molecular flexibility index (Phi) is 6.56. The Morgan fingerprint density at radius 2 is 1.76 bits per heavy atom. The zero-order valence-electron chi connectivity index (χ0n) is 16.3. The number of thioether (sulfide) groups is 1. The van der Waals surface area contributed by atoms with Crippen molar-refractivity contribution in [1.82, 2.24) is 14.8 Å². The van der Waals surface area contributed by atoms with E-state index in [1.807, 2.05) is 54.0 Å². The minimum atomic E-state index is -1.02. The van der Waals surface area contributed by atoms with Crippen molar-refractivity contribution in [2.45, 2.75) is 18.6 Å². The van der Waals surface area contributed by atoms with Crippen molar-refractivity contribution in [3.63, 3.8) is 0 Å². The molecule has 0 unspecified atom stereocenters. The number of aromatic nitrogens is 3. The predicted molar refractivity (Wildman–Crippen MR) is 112 cm³/mol. The maximum atomic E-state index is 11.8. The number of aliphatic carboxylic acids is 1. The summed E-state index contributed by atoms with van der Waals surface area (Å²) < 4.78 is 12.5. The second kappa shape index (κ2) is 9.29. The lowest BCUT2D eigenvalue weighted by Gasteiger charge is -2.10. The number of hydrogen-bond donors (Lipinski definition) is 1. The van der Waals surface area contributed by atoms with Crippen molar-refractivity contribution >= 4 is 23.8 Å². The van der Waals surface area contributed by atoms with Crippen molar-refractivity contribution in [2.75, 3.05) is 14.2 Å². The fraction of sp³-hybridized carbons (Fsp3) is 0.190. The molecule has 2 aromatic carbocycles. The maximum Gasteiger partial charge on any atom is 0.342 e. The van der Waals surface area contributed by atoms with Crippen LogP contribution in [0.25, 0.3) is 17.5 Å². The molecule has 0 spiro atoms. The second-order valence-electron chi connectivity index (χ2n) is 5.98. The summed E-state index contributed by atoms with van der Waals surface area (Å²) in [5.74, 6) is 0.856. The van der Waals surface area contributed by atoms with E-state index in [4.69, 9.17) is 9.47 Å². The Hall–Kier alpha value is -3.26. The molecular formula is C21H21N3O4S. The summed E-state index contributed by atoms with van der Waals surface area (Å²) in [5, 5.41) is 18.7. The lowest BCUT2D eigenvalue weighted by atomic mass is 10.2. The molecular weight excluding hydrogens is 390 g/mol. The molecule has 0 amide bonds. The SMILES string of the molecule is CCn1c(S/C(=C\c2ccccc2)C(=O)O)nnc1-c1cc(OC)cc(OC)c1. The van der Waals surface area contributed by atoms with Gasteiger partial charge in [0.15, 0.2) is 11.0 Å². The first kappa shape index (κ1) is 20.5. The average Bonchev–Trinajstić information content (AvgIpc) is 3.16. The van der Waals surface area contributed by atoms with Crippen LogP contribution in [0.5, 0.6) is 11.5 Å². The highest BCUT2D eigenvalue weighted by Crippen LogP contribution is 2.33. The second-order valence-corrected chi connectivity index (χ2v) is 6.99. The van der Waals surface area contributed by atoms with E-state index in [9.17, 15) is 9.90 Å². The van der Waals surface area contributed by atoms with E-state index in [2.05, 4.69) is 10.2 Å². The van der Waals surface area contributed by atoms with E-state index in [0.29, 0.717) is 29.0 Å². The topological polar surface area (TPSA) is 86.5 Å². The molecule has 7 nitrogen and oxygen atoms in total. The van der Waals surface area contributed by atoms with Crippen molar-refractivity contribution < 1.29 is 19.4 Å². The van der Waals surface area contributed by atoms with Crippen LogP contribution in [0.1, 0.15) is 12.5 Å². The minimum absolute atomic E-state index is 0.160. The summed E-state index contributed by atoms with van der Waals surface area (Å²) in [6.07, 6.45) is 1.62. The van der Waals surface area contributed by atoms with Crippen molar-refractivity contribution in [1.29, 1.82) is 0 Å². The Bertz CT molecular complexity index is 1010. The van der Waals surface area contributed by atoms with Gasteiger partial charge in [0.05, 0.1) is 14.2 Å². The van der Waals surface area contributed by atoms with E-state index in [1.54, 1.807) is 26.4 Å². The van der Waals surface area contributed by atoms with Crippen LogP contribution in [-0.4, -0.2) is 40.1 Å². The van der Waals surface area contributed by atoms with E-state index in [-0.39, 0.29) is 4.91 Å². The van der Waals surface area contributed by atoms with Gasteiger partial charge in [0, 0.05) is 18.2 Å². The molecule has 0 saturated carbocycles. The standard InChI is InChI=1S/C21H21N3O4S/c1-4-24-19(15-11-16(27-2)13-17(12-15)28-3)22-23-21(24)29-18(20(25)26)10-14-8-6-5-7-9-14/h5-13H,4H2,1-3H3,(H,25,26)/b18-10-. The third-order valence-corrected chi connectivity index (χ3v) is 5.15. The third kappa shape index (κ3) is 4.78. The zero-order chi connectivity index (χ0) is 20.8. The molecule has 1 heterocycles. The molecule has 1 aromatic heterocycles. The van der Waals surface area contributed by atoms with Crippen molar-refractivity contribution in [3.8, 4) is 22.9 Å². The number of rotatable bonds is 8. The molecule has 3 aromatic rings. The van der Waals surface area contributed by atoms with E-state index >= 15 is 0 Å². The molecule has 0 aliphatic heterocycles. The first-order chi connectivity index (χ1) is 14.0. The number of carbonyl (C=O) groups is 1. The highest BCUT2D eigenvalue weighted by Gasteiger charge is 2.19. The quantitative estimate of drug-likeness (QED) is 0.439. The van der Waals surface area contributed by atoms with Crippen LogP contribution in [0, 0.1) is 0 Å². The molecule has 0 aliphatic rings. The van der Waals surface area contributed by atoms with Crippen LogP contribution in [0.3, 0.4) is 0 Å². The van der Waals surface area contributed by atoms with Gasteiger partial charge in [-0.05, 0) is 42.5 Å². The summed E-state index contributed by atoms with van der Waals surface area (Å²) in [6.45, 7) is 2.53. The van der Waals surface area contributed by atoms with Gasteiger partial charge in [-0.2, -0.15) is 0 Å². The Balaban J connectivity index is 1.99. The van der Waals surface area contributed by atoms with E-state index in [1.165, 1.54) is 0 Å². The Morgan fingerprint density at radius 1 is 1.10 bits per heavy atom. The first-order valence-electron chi connectivity index (χ1n) is 8.90. The van der Waals surface area contributed by atoms with Crippen LogP contribution >= 0.6 is 11.8 Å². The monoisotopic (exact) mass is 411 g/mol. The van der Waals surface area contributed by atoms with Gasteiger partial charge in [0.2, 0.25) is 0 Å². The summed E-state index contributed by atoms with van der Waals surface area (Å²) in [5.41, 5.74) is 1.57. The number of nitrogens with zero attached hydrogens (tertiary/aromatic N) is 3. The van der Waals surface area contributed by atoms with Gasteiger partial charge in [-0.3, -0.25) is 0 Å². The number of methoxy groups -OCH3 is 2. The van der Waals surface area contributed by atoms with Gasteiger partial charge in [0.1, 0.15) is 16.4 Å². The molecule has 0 fully saturated rings. The number of carboxylic acids is 1. The van der Waals surface area contributed by atoms with Crippen molar-refractivity contribution in [3.05, 3.63) is 59.0 Å². The van der Waals surface area contributed by atoms with Gasteiger partial charge >= 0.3 is 5.97 Å². The largest absolute Gasteiger partial charge is 0.497 e. The highest BCUT2D eigenvalue weighted by molar-refractivity contribution is 8.04. The Labute approximate surface area is 173 Å². The number of benzene rings is 2. The van der Waals surface area contributed by atoms with Gasteiger partial charge in [-0.25, -0.2) is 4.79 Å². The lowest BCUT2D eigenvalue weighted by molar-refractivity contribution is -0.131. The molecule has 0 atom stereocenters. The third-order valence-electron chi connectivity index (χ3n) is 4.15. The zero-order valence-corrected chi connectivity index (χ0v) is 17.1. The summed E-state index contributed by atoms with van der Waals surface area (Å²) in [7, 11) is 3.16. The fourth-order valence-electron chi connectivity index (χ4n) is 2.73. The van der Waals surface area contributed by atoms with Crippen LogP contribution < -0.4 is 9.47 Å². The van der Waals surface area contributed by atoms with Crippen LogP contribution in [0.15, 0.2) is 58.6 Å². The predicted octanol–water partition coefficient (Wildman–Crippen LogP) is 4.20. The number of carboxylic acid groups (broad SMARTS) is 1. The molecule has 8 heteroatoms. The molecule has 0 bridgehead atoms. The first-order valence-corrected chi connectivity index (χ1v) is 9.72. The van der Waals surface area contributed by atoms with Crippen molar-refractivity contribution in [2.24, 2.45) is 0 Å². The maximum absolute atomic E-state index is 11.8. The fourth-order valence-corrected chi connectivity index (χ4v) is 3.62. The van der Waals surface area contributed by atoms with Gasteiger partial charge in [0.25, 0.3) is 0 Å². The average molecular weight is 411 g/mol. The lowest BCUT2D eigenvalue weighted by Crippen LogP contribution is -2.03. The molecule has 150 valence electrons. The summed E-state index contributed by atoms with van der Waals surface area (Å²) in [4.78, 5) is 11.9. The molecule has 0 saturated heterocycles. The molecule has 1 N–H and O–H groups in total. The highest BCUT2D eigenvalue weighted by atomic mass is 32.2. The van der Waals surface area contributed by atoms with Crippen LogP contribution in [-0.2, 0) is 11.3 Å². The number of ether oxygens (including phenoxy) is 2. The van der Waals surface area contributed by atoms with Gasteiger partial charge in [-0.15, -0.1) is 10.2 Å². The van der Waals surface area contributed by atoms with Gasteiger partial charge in [-0.1, -0.05) is 30.3 Å². The molecule has 0 aliphatic carbocycles. The molecule has 3 rings (SSSR count). The van der Waals surface area contributed by atoms with Crippen LogP contribution in [0.4, 0.5) is 0 Å². The minimum Gasteiger partial charge on any atom is -0.497 e. The Morgan fingerprint density at radius 3 is 2.31 bits per heavy atom. The van der Waals surface area contributed by atoms with E-state index < -0.39 is 5.97 Å². The number of hydrogen-bond acceptors (Lipinski definition) is 6. The normalized spacial score (nSPS) is 11.3. The van der Waals surface area contributed by atoms with Gasteiger partial charge < -0.3 is 19.1 Å². The molecule has 0 radical (unpaired) electrons. The molecule has 29 heavy (non-hydrogen) atoms. The summed E-state index contributed by atoms with van der Waals surface area (Å²) in [6, 6.07) is 14.8. The van der Waals surface area contributed by atoms with E-state index in [0.717, 1.165) is 22.9 Å².